The average Bonchev–Trinajstić information content (AvgIpc) is 2.09. The van der Waals surface area contributed by atoms with Gasteiger partial charge in [0.2, 0.25) is 0 Å². The maximum absolute atomic E-state index is 8.94. The first-order valence-electron chi connectivity index (χ1n) is 3.90. The Morgan fingerprint density at radius 2 is 2.36 bits per heavy atom. The summed E-state index contributed by atoms with van der Waals surface area (Å²) in [5.41, 5.74) is 0.984. The van der Waals surface area contributed by atoms with Gasteiger partial charge >= 0.3 is 0 Å². The number of aliphatic hydroxyl groups excluding tert-OH is 1. The van der Waals surface area contributed by atoms with Crippen molar-refractivity contribution in [1.82, 2.24) is 4.98 Å². The van der Waals surface area contributed by atoms with Gasteiger partial charge in [-0.05, 0) is 18.6 Å². The fourth-order valence-electron chi connectivity index (χ4n) is 1.05. The lowest BCUT2D eigenvalue weighted by Crippen LogP contribution is -2.03. The summed E-state index contributed by atoms with van der Waals surface area (Å²) in [5.74, 6) is 0.205. The minimum Gasteiger partial charge on any atom is -0.396 e. The van der Waals surface area contributed by atoms with Crippen LogP contribution in [0.15, 0.2) is 24.4 Å². The molecule has 0 spiro atoms. The standard InChI is InChI=1S/C9H13NO/c1-2-8(7-11)9-5-3-4-6-10-9/h3-6,8,11H,2,7H2,1H3. The fraction of sp³-hybridized carbons (Fsp3) is 0.444. The van der Waals surface area contributed by atoms with Gasteiger partial charge in [-0.1, -0.05) is 13.0 Å². The van der Waals surface area contributed by atoms with Crippen LogP contribution in [0.2, 0.25) is 0 Å². The minimum atomic E-state index is 0.188. The summed E-state index contributed by atoms with van der Waals surface area (Å²) in [7, 11) is 0. The topological polar surface area (TPSA) is 33.1 Å². The summed E-state index contributed by atoms with van der Waals surface area (Å²) >= 11 is 0. The molecule has 11 heavy (non-hydrogen) atoms. The van der Waals surface area contributed by atoms with Crippen LogP contribution in [0, 0.1) is 0 Å². The van der Waals surface area contributed by atoms with Gasteiger partial charge in [-0.2, -0.15) is 0 Å². The molecule has 0 saturated heterocycles. The van der Waals surface area contributed by atoms with Gasteiger partial charge in [0.15, 0.2) is 0 Å². The molecular weight excluding hydrogens is 138 g/mol. The van der Waals surface area contributed by atoms with Gasteiger partial charge in [0.1, 0.15) is 0 Å². The van der Waals surface area contributed by atoms with Crippen molar-refractivity contribution in [2.45, 2.75) is 19.3 Å². The Bertz CT molecular complexity index is 194. The SMILES string of the molecule is CCC(CO)c1ccccn1. The van der Waals surface area contributed by atoms with Crippen LogP contribution in [0.5, 0.6) is 0 Å². The first-order chi connectivity index (χ1) is 5.38. The number of aromatic nitrogens is 1. The molecule has 2 nitrogen and oxygen atoms in total. The summed E-state index contributed by atoms with van der Waals surface area (Å²) < 4.78 is 0. The third-order valence-corrected chi connectivity index (χ3v) is 1.82. The van der Waals surface area contributed by atoms with E-state index in [0.29, 0.717) is 0 Å². The first kappa shape index (κ1) is 8.21. The molecule has 1 unspecified atom stereocenters. The van der Waals surface area contributed by atoms with Crippen LogP contribution in [0.25, 0.3) is 0 Å². The molecule has 0 aromatic carbocycles. The molecule has 1 rings (SSSR count). The molecule has 0 aliphatic carbocycles. The van der Waals surface area contributed by atoms with E-state index in [9.17, 15) is 0 Å². The molecule has 1 aromatic heterocycles. The summed E-state index contributed by atoms with van der Waals surface area (Å²) in [6, 6.07) is 5.78. The highest BCUT2D eigenvalue weighted by molar-refractivity contribution is 5.08. The van der Waals surface area contributed by atoms with Gasteiger partial charge in [-0.15, -0.1) is 0 Å². The predicted molar refractivity (Wildman–Crippen MR) is 44.4 cm³/mol. The van der Waals surface area contributed by atoms with Crippen molar-refractivity contribution in [2.24, 2.45) is 0 Å². The molecule has 0 fully saturated rings. The lowest BCUT2D eigenvalue weighted by atomic mass is 10.0. The number of aliphatic hydroxyl groups is 1. The second kappa shape index (κ2) is 4.09. The Morgan fingerprint density at radius 3 is 2.82 bits per heavy atom. The van der Waals surface area contributed by atoms with Crippen molar-refractivity contribution in [3.05, 3.63) is 30.1 Å². The Balaban J connectivity index is 2.74. The first-order valence-corrected chi connectivity index (χ1v) is 3.90. The second-order valence-corrected chi connectivity index (χ2v) is 2.54. The molecule has 0 aliphatic rings. The summed E-state index contributed by atoms with van der Waals surface area (Å²) in [4.78, 5) is 4.16. The van der Waals surface area contributed by atoms with Crippen molar-refractivity contribution in [1.29, 1.82) is 0 Å². The van der Waals surface area contributed by atoms with Gasteiger partial charge in [0.25, 0.3) is 0 Å². The van der Waals surface area contributed by atoms with Crippen LogP contribution in [-0.4, -0.2) is 16.7 Å². The largest absolute Gasteiger partial charge is 0.396 e. The monoisotopic (exact) mass is 151 g/mol. The molecular formula is C9H13NO. The van der Waals surface area contributed by atoms with E-state index in [4.69, 9.17) is 5.11 Å². The van der Waals surface area contributed by atoms with Crippen molar-refractivity contribution in [3.63, 3.8) is 0 Å². The quantitative estimate of drug-likeness (QED) is 0.711. The van der Waals surface area contributed by atoms with Crippen LogP contribution in [0.3, 0.4) is 0 Å². The molecule has 1 atom stereocenters. The Kier molecular flexibility index (Phi) is 3.05. The minimum absolute atomic E-state index is 0.188. The summed E-state index contributed by atoms with van der Waals surface area (Å²) in [5, 5.41) is 8.94. The van der Waals surface area contributed by atoms with Crippen LogP contribution >= 0.6 is 0 Å². The maximum Gasteiger partial charge on any atom is 0.0514 e. The molecule has 2 heteroatoms. The van der Waals surface area contributed by atoms with Gasteiger partial charge in [0.05, 0.1) is 6.61 Å². The van der Waals surface area contributed by atoms with E-state index in [2.05, 4.69) is 11.9 Å². The maximum atomic E-state index is 8.94. The van der Waals surface area contributed by atoms with Crippen molar-refractivity contribution >= 4 is 0 Å². The van der Waals surface area contributed by atoms with E-state index < -0.39 is 0 Å². The highest BCUT2D eigenvalue weighted by Crippen LogP contribution is 2.14. The lowest BCUT2D eigenvalue weighted by Gasteiger charge is -2.09. The molecule has 1 aromatic rings. The van der Waals surface area contributed by atoms with E-state index in [0.717, 1.165) is 12.1 Å². The van der Waals surface area contributed by atoms with Crippen LogP contribution in [-0.2, 0) is 0 Å². The molecule has 0 amide bonds. The molecule has 0 saturated carbocycles. The molecule has 0 radical (unpaired) electrons. The van der Waals surface area contributed by atoms with Crippen molar-refractivity contribution in [3.8, 4) is 0 Å². The van der Waals surface area contributed by atoms with Gasteiger partial charge < -0.3 is 5.11 Å². The highest BCUT2D eigenvalue weighted by atomic mass is 16.3. The zero-order valence-corrected chi connectivity index (χ0v) is 6.70. The third-order valence-electron chi connectivity index (χ3n) is 1.82. The zero-order valence-electron chi connectivity index (χ0n) is 6.70. The van der Waals surface area contributed by atoms with E-state index in [1.807, 2.05) is 18.2 Å². The van der Waals surface area contributed by atoms with E-state index in [1.165, 1.54) is 0 Å². The van der Waals surface area contributed by atoms with Gasteiger partial charge in [-0.25, -0.2) is 0 Å². The molecule has 1 heterocycles. The van der Waals surface area contributed by atoms with E-state index in [-0.39, 0.29) is 12.5 Å². The third kappa shape index (κ3) is 2.02. The number of nitrogens with zero attached hydrogens (tertiary/aromatic N) is 1. The Hall–Kier alpha value is -0.890. The molecule has 1 N–H and O–H groups in total. The average molecular weight is 151 g/mol. The zero-order chi connectivity index (χ0) is 8.10. The van der Waals surface area contributed by atoms with E-state index in [1.54, 1.807) is 6.20 Å². The van der Waals surface area contributed by atoms with Crippen molar-refractivity contribution < 1.29 is 5.11 Å². The second-order valence-electron chi connectivity index (χ2n) is 2.54. The highest BCUT2D eigenvalue weighted by Gasteiger charge is 2.07. The fourth-order valence-corrected chi connectivity index (χ4v) is 1.05. The molecule has 0 bridgehead atoms. The molecule has 0 aliphatic heterocycles. The Labute approximate surface area is 66.9 Å². The normalized spacial score (nSPS) is 12.9. The van der Waals surface area contributed by atoms with Gasteiger partial charge in [-0.3, -0.25) is 4.98 Å². The van der Waals surface area contributed by atoms with E-state index >= 15 is 0 Å². The number of hydrogen-bond donors (Lipinski definition) is 1. The number of pyridine rings is 1. The predicted octanol–water partition coefficient (Wildman–Crippen LogP) is 1.57. The van der Waals surface area contributed by atoms with Crippen LogP contribution in [0.4, 0.5) is 0 Å². The lowest BCUT2D eigenvalue weighted by molar-refractivity contribution is 0.260. The van der Waals surface area contributed by atoms with Crippen molar-refractivity contribution in [2.75, 3.05) is 6.61 Å². The number of rotatable bonds is 3. The smallest absolute Gasteiger partial charge is 0.0514 e. The van der Waals surface area contributed by atoms with Crippen LogP contribution in [0.1, 0.15) is 25.0 Å². The molecule has 60 valence electrons. The summed E-state index contributed by atoms with van der Waals surface area (Å²) in [6.45, 7) is 2.24. The Morgan fingerprint density at radius 1 is 1.55 bits per heavy atom. The summed E-state index contributed by atoms with van der Waals surface area (Å²) in [6.07, 6.45) is 2.70. The van der Waals surface area contributed by atoms with Gasteiger partial charge in [0, 0.05) is 17.8 Å². The number of hydrogen-bond acceptors (Lipinski definition) is 2. The van der Waals surface area contributed by atoms with Crippen LogP contribution < -0.4 is 0 Å².